The molecular formula is C15H25N3O3. The van der Waals surface area contributed by atoms with E-state index >= 15 is 0 Å². The lowest BCUT2D eigenvalue weighted by molar-refractivity contribution is -0.137. The van der Waals surface area contributed by atoms with E-state index in [2.05, 4.69) is 15.3 Å². The first-order valence-electron chi connectivity index (χ1n) is 7.16. The monoisotopic (exact) mass is 295 g/mol. The Bertz CT molecular complexity index is 544. The van der Waals surface area contributed by atoms with Gasteiger partial charge in [-0.25, -0.2) is 4.98 Å². The van der Waals surface area contributed by atoms with Crippen molar-refractivity contribution in [3.63, 3.8) is 0 Å². The average molecular weight is 295 g/mol. The summed E-state index contributed by atoms with van der Waals surface area (Å²) in [5.74, 6) is 0.249. The van der Waals surface area contributed by atoms with Gasteiger partial charge in [0.2, 0.25) is 0 Å². The third kappa shape index (κ3) is 6.42. The Hall–Kier alpha value is -1.85. The number of aromatic amines is 1. The van der Waals surface area contributed by atoms with Gasteiger partial charge in [0.05, 0.1) is 6.42 Å². The molecule has 1 aromatic heterocycles. The first-order chi connectivity index (χ1) is 9.56. The van der Waals surface area contributed by atoms with Gasteiger partial charge in [-0.1, -0.05) is 34.6 Å². The van der Waals surface area contributed by atoms with E-state index in [9.17, 15) is 9.59 Å². The van der Waals surface area contributed by atoms with Crippen LogP contribution in [-0.4, -0.2) is 27.1 Å². The fourth-order valence-corrected chi connectivity index (χ4v) is 2.16. The van der Waals surface area contributed by atoms with Gasteiger partial charge >= 0.3 is 5.97 Å². The molecule has 0 amide bonds. The molecular weight excluding hydrogens is 270 g/mol. The molecule has 0 aliphatic carbocycles. The molecule has 0 fully saturated rings. The topological polar surface area (TPSA) is 95.1 Å². The smallest absolute Gasteiger partial charge is 0.305 e. The number of aromatic nitrogens is 2. The van der Waals surface area contributed by atoms with Crippen LogP contribution in [-0.2, 0) is 4.79 Å². The van der Waals surface area contributed by atoms with E-state index in [0.29, 0.717) is 18.1 Å². The highest BCUT2D eigenvalue weighted by molar-refractivity contribution is 5.68. The lowest BCUT2D eigenvalue weighted by atomic mass is 9.87. The van der Waals surface area contributed by atoms with Crippen LogP contribution in [0, 0.1) is 5.41 Å². The Balaban J connectivity index is 2.97. The van der Waals surface area contributed by atoms with Crippen molar-refractivity contribution in [1.29, 1.82) is 0 Å². The first-order valence-corrected chi connectivity index (χ1v) is 7.16. The van der Waals surface area contributed by atoms with Crippen molar-refractivity contribution >= 4 is 11.8 Å². The predicted octanol–water partition coefficient (Wildman–Crippen LogP) is 2.58. The minimum Gasteiger partial charge on any atom is -0.481 e. The number of aliphatic carboxylic acids is 1. The van der Waals surface area contributed by atoms with Gasteiger partial charge in [-0.3, -0.25) is 9.59 Å². The van der Waals surface area contributed by atoms with E-state index in [1.165, 1.54) is 6.07 Å². The van der Waals surface area contributed by atoms with E-state index in [4.69, 9.17) is 5.11 Å². The van der Waals surface area contributed by atoms with Crippen LogP contribution in [0.5, 0.6) is 0 Å². The van der Waals surface area contributed by atoms with Gasteiger partial charge < -0.3 is 15.4 Å². The van der Waals surface area contributed by atoms with Crippen molar-refractivity contribution in [2.45, 2.75) is 59.4 Å². The second-order valence-corrected chi connectivity index (χ2v) is 6.87. The fourth-order valence-electron chi connectivity index (χ4n) is 2.16. The Morgan fingerprint density at radius 2 is 2.05 bits per heavy atom. The molecule has 0 saturated heterocycles. The van der Waals surface area contributed by atoms with Gasteiger partial charge in [0.25, 0.3) is 5.56 Å². The molecule has 21 heavy (non-hydrogen) atoms. The number of nitrogens with zero attached hydrogens (tertiary/aromatic N) is 1. The largest absolute Gasteiger partial charge is 0.481 e. The maximum Gasteiger partial charge on any atom is 0.305 e. The van der Waals surface area contributed by atoms with Gasteiger partial charge in [0.1, 0.15) is 11.6 Å². The fraction of sp³-hybridized carbons (Fsp3) is 0.667. The summed E-state index contributed by atoms with van der Waals surface area (Å²) in [5, 5.41) is 12.1. The maximum atomic E-state index is 11.7. The second-order valence-electron chi connectivity index (χ2n) is 6.87. The normalized spacial score (nSPS) is 13.2. The summed E-state index contributed by atoms with van der Waals surface area (Å²) in [6, 6.07) is 1.10. The molecule has 0 aliphatic heterocycles. The minimum absolute atomic E-state index is 0.0111. The summed E-state index contributed by atoms with van der Waals surface area (Å²) in [4.78, 5) is 29.7. The van der Waals surface area contributed by atoms with Gasteiger partial charge in [0, 0.05) is 18.0 Å². The summed E-state index contributed by atoms with van der Waals surface area (Å²) in [6.45, 7) is 10.0. The zero-order valence-corrected chi connectivity index (χ0v) is 13.4. The van der Waals surface area contributed by atoms with E-state index < -0.39 is 5.97 Å². The molecule has 118 valence electrons. The molecule has 1 rings (SSSR count). The van der Waals surface area contributed by atoms with E-state index in [0.717, 1.165) is 0 Å². The van der Waals surface area contributed by atoms with Crippen LogP contribution in [0.25, 0.3) is 0 Å². The summed E-state index contributed by atoms with van der Waals surface area (Å²) < 4.78 is 0. The summed E-state index contributed by atoms with van der Waals surface area (Å²) in [5.41, 5.74) is -0.254. The summed E-state index contributed by atoms with van der Waals surface area (Å²) in [6.07, 6.45) is 0.660. The quantitative estimate of drug-likeness (QED) is 0.749. The van der Waals surface area contributed by atoms with Crippen LogP contribution in [0.3, 0.4) is 0 Å². The molecule has 1 atom stereocenters. The van der Waals surface area contributed by atoms with Crippen molar-refractivity contribution in [2.75, 3.05) is 5.32 Å². The standard InChI is InChI=1S/C15H25N3O3/c1-9(2)14-17-11(7-12(19)18-14)16-10(6-13(20)21)8-15(3,4)5/h7,9-10H,6,8H2,1-5H3,(H,20,21)(H2,16,17,18,19). The number of carboxylic acid groups (broad SMARTS) is 1. The third-order valence-electron chi connectivity index (χ3n) is 2.94. The summed E-state index contributed by atoms with van der Waals surface area (Å²) >= 11 is 0. The van der Waals surface area contributed by atoms with E-state index in [1.807, 2.05) is 34.6 Å². The van der Waals surface area contributed by atoms with Crippen molar-refractivity contribution in [3.8, 4) is 0 Å². The number of nitrogens with one attached hydrogen (secondary N) is 2. The molecule has 3 N–H and O–H groups in total. The summed E-state index contributed by atoms with van der Waals surface area (Å²) in [7, 11) is 0. The number of carboxylic acids is 1. The van der Waals surface area contributed by atoms with Crippen LogP contribution in [0.15, 0.2) is 10.9 Å². The van der Waals surface area contributed by atoms with Gasteiger partial charge in [-0.2, -0.15) is 0 Å². The van der Waals surface area contributed by atoms with Gasteiger partial charge in [-0.15, -0.1) is 0 Å². The molecule has 0 saturated carbocycles. The molecule has 0 spiro atoms. The molecule has 6 heteroatoms. The van der Waals surface area contributed by atoms with Crippen molar-refractivity contribution in [2.24, 2.45) is 5.41 Å². The first kappa shape index (κ1) is 17.2. The number of rotatable bonds is 6. The maximum absolute atomic E-state index is 11.7. The number of H-pyrrole nitrogens is 1. The highest BCUT2D eigenvalue weighted by Gasteiger charge is 2.21. The zero-order valence-electron chi connectivity index (χ0n) is 13.4. The second kappa shape index (κ2) is 6.74. The molecule has 0 aromatic carbocycles. The highest BCUT2D eigenvalue weighted by atomic mass is 16.4. The van der Waals surface area contributed by atoms with E-state index in [-0.39, 0.29) is 29.4 Å². The van der Waals surface area contributed by atoms with Gasteiger partial charge in [0.15, 0.2) is 0 Å². The Kier molecular flexibility index (Phi) is 5.52. The molecule has 0 bridgehead atoms. The van der Waals surface area contributed by atoms with Crippen LogP contribution < -0.4 is 10.9 Å². The van der Waals surface area contributed by atoms with Crippen molar-refractivity contribution in [3.05, 3.63) is 22.2 Å². The Morgan fingerprint density at radius 1 is 1.43 bits per heavy atom. The number of hydrogen-bond acceptors (Lipinski definition) is 4. The highest BCUT2D eigenvalue weighted by Crippen LogP contribution is 2.24. The van der Waals surface area contributed by atoms with Crippen LogP contribution in [0.4, 0.5) is 5.82 Å². The SMILES string of the molecule is CC(C)c1nc(NC(CC(=O)O)CC(C)(C)C)cc(=O)[nH]1. The minimum atomic E-state index is -0.870. The van der Waals surface area contributed by atoms with Crippen LogP contribution >= 0.6 is 0 Å². The Labute approximate surface area is 125 Å². The molecule has 1 heterocycles. The van der Waals surface area contributed by atoms with Crippen LogP contribution in [0.2, 0.25) is 0 Å². The average Bonchev–Trinajstić information content (AvgIpc) is 2.24. The van der Waals surface area contributed by atoms with Gasteiger partial charge in [-0.05, 0) is 11.8 Å². The predicted molar refractivity (Wildman–Crippen MR) is 82.7 cm³/mol. The number of anilines is 1. The number of hydrogen-bond donors (Lipinski definition) is 3. The lowest BCUT2D eigenvalue weighted by Crippen LogP contribution is -2.29. The molecule has 0 aliphatic rings. The van der Waals surface area contributed by atoms with Crippen LogP contribution in [0.1, 0.15) is 59.2 Å². The molecule has 1 unspecified atom stereocenters. The molecule has 1 aromatic rings. The lowest BCUT2D eigenvalue weighted by Gasteiger charge is -2.26. The van der Waals surface area contributed by atoms with E-state index in [1.54, 1.807) is 0 Å². The number of carbonyl (C=O) groups is 1. The molecule has 0 radical (unpaired) electrons. The van der Waals surface area contributed by atoms with Crippen molar-refractivity contribution in [1.82, 2.24) is 9.97 Å². The third-order valence-corrected chi connectivity index (χ3v) is 2.94. The zero-order chi connectivity index (χ0) is 16.2. The Morgan fingerprint density at radius 3 is 2.52 bits per heavy atom. The molecule has 6 nitrogen and oxygen atoms in total. The van der Waals surface area contributed by atoms with Crippen molar-refractivity contribution < 1.29 is 9.90 Å².